The second-order valence-corrected chi connectivity index (χ2v) is 7.58. The van der Waals surface area contributed by atoms with E-state index >= 15 is 0 Å². The molecule has 156 valence electrons. The molecule has 0 atom stereocenters. The summed E-state index contributed by atoms with van der Waals surface area (Å²) < 4.78 is 5.89. The van der Waals surface area contributed by atoms with Crippen LogP contribution in [0.2, 0.25) is 5.02 Å². The number of amides is 1. The van der Waals surface area contributed by atoms with Gasteiger partial charge in [0.15, 0.2) is 0 Å². The number of ether oxygens (including phenoxy) is 1. The molecule has 0 aliphatic rings. The number of nitrogens with zero attached hydrogens (tertiary/aromatic N) is 2. The highest BCUT2D eigenvalue weighted by atomic mass is 35.5. The lowest BCUT2D eigenvalue weighted by atomic mass is 10.0. The first kappa shape index (κ1) is 22.1. The van der Waals surface area contributed by atoms with Crippen LogP contribution in [0.5, 0.6) is 5.75 Å². The van der Waals surface area contributed by atoms with Crippen molar-refractivity contribution < 1.29 is 9.53 Å². The number of benzene rings is 3. The molecule has 1 amide bonds. The zero-order chi connectivity index (χ0) is 22.2. The highest BCUT2D eigenvalue weighted by Gasteiger charge is 2.08. The molecule has 0 fully saturated rings. The summed E-state index contributed by atoms with van der Waals surface area (Å²) in [6.07, 6.45) is 1.74. The quantitative estimate of drug-likeness (QED) is 0.417. The maximum Gasteiger partial charge on any atom is 0.244 e. The zero-order valence-electron chi connectivity index (χ0n) is 17.4. The summed E-state index contributed by atoms with van der Waals surface area (Å²) in [5.74, 6) is 0.333. The fourth-order valence-corrected chi connectivity index (χ4v) is 3.27. The lowest BCUT2D eigenvalue weighted by Gasteiger charge is -2.10. The average Bonchev–Trinajstić information content (AvgIpc) is 2.75. The van der Waals surface area contributed by atoms with Crippen molar-refractivity contribution in [3.63, 3.8) is 0 Å². The third kappa shape index (κ3) is 6.18. The maximum absolute atomic E-state index is 12.3. The number of hydrogen-bond donors (Lipinski definition) is 1. The van der Waals surface area contributed by atoms with E-state index in [9.17, 15) is 10.1 Å². The van der Waals surface area contributed by atoms with Gasteiger partial charge in [-0.1, -0.05) is 53.6 Å². The van der Waals surface area contributed by atoms with Crippen LogP contribution >= 0.6 is 11.6 Å². The third-order valence-electron chi connectivity index (χ3n) is 4.73. The van der Waals surface area contributed by atoms with Gasteiger partial charge in [0.2, 0.25) is 5.91 Å². The van der Waals surface area contributed by atoms with E-state index in [0.717, 1.165) is 22.3 Å². The number of halogens is 1. The molecule has 0 saturated carbocycles. The van der Waals surface area contributed by atoms with Crippen LogP contribution in [-0.4, -0.2) is 12.1 Å². The molecular formula is C25H22ClN3O2. The Morgan fingerprint density at radius 1 is 1.13 bits per heavy atom. The number of nitriles is 1. The Bertz CT molecular complexity index is 1170. The molecule has 0 aliphatic carbocycles. The molecule has 0 aliphatic heterocycles. The van der Waals surface area contributed by atoms with Crippen molar-refractivity contribution in [2.75, 3.05) is 0 Å². The minimum absolute atomic E-state index is 0.212. The van der Waals surface area contributed by atoms with Crippen LogP contribution in [0.25, 0.3) is 0 Å². The third-order valence-corrected chi connectivity index (χ3v) is 4.97. The zero-order valence-corrected chi connectivity index (χ0v) is 18.1. The number of hydrogen-bond acceptors (Lipinski definition) is 4. The molecule has 0 bridgehead atoms. The number of nitrogens with one attached hydrogen (secondary N) is 1. The van der Waals surface area contributed by atoms with Gasteiger partial charge in [0, 0.05) is 16.1 Å². The van der Waals surface area contributed by atoms with Gasteiger partial charge in [-0.2, -0.15) is 10.4 Å². The Kier molecular flexibility index (Phi) is 7.42. The monoisotopic (exact) mass is 431 g/mol. The Balaban J connectivity index is 1.66. The number of carbonyl (C=O) groups is 1. The summed E-state index contributed by atoms with van der Waals surface area (Å²) in [5, 5.41) is 13.8. The molecule has 6 heteroatoms. The van der Waals surface area contributed by atoms with Crippen LogP contribution in [0, 0.1) is 25.2 Å². The summed E-state index contributed by atoms with van der Waals surface area (Å²) in [5.41, 5.74) is 7.70. The molecule has 0 spiro atoms. The standard InChI is InChI=1S/C25H22ClN3O2/c1-17-7-8-19(18(2)11-17)13-25(30)29-28-15-22-12-23(26)9-10-24(22)31-16-21-6-4-3-5-20(21)14-27/h3-12,15H,13,16H2,1-2H3,(H,29,30)/b28-15+. The molecule has 0 aromatic heterocycles. The molecule has 0 heterocycles. The van der Waals surface area contributed by atoms with Gasteiger partial charge in [0.1, 0.15) is 12.4 Å². The largest absolute Gasteiger partial charge is 0.488 e. The van der Waals surface area contributed by atoms with Gasteiger partial charge in [0.05, 0.1) is 24.3 Å². The van der Waals surface area contributed by atoms with E-state index in [1.807, 2.05) is 50.2 Å². The molecular weight excluding hydrogens is 410 g/mol. The summed E-state index contributed by atoms with van der Waals surface area (Å²) >= 11 is 6.11. The Morgan fingerprint density at radius 2 is 1.94 bits per heavy atom. The number of rotatable bonds is 7. The van der Waals surface area contributed by atoms with Crippen LogP contribution in [-0.2, 0) is 17.8 Å². The van der Waals surface area contributed by atoms with E-state index in [-0.39, 0.29) is 18.9 Å². The van der Waals surface area contributed by atoms with Crippen LogP contribution in [0.3, 0.4) is 0 Å². The van der Waals surface area contributed by atoms with Gasteiger partial charge in [0.25, 0.3) is 0 Å². The minimum atomic E-state index is -0.212. The maximum atomic E-state index is 12.3. The smallest absolute Gasteiger partial charge is 0.244 e. The van der Waals surface area contributed by atoms with E-state index in [1.165, 1.54) is 6.21 Å². The first-order chi connectivity index (χ1) is 15.0. The fraction of sp³-hybridized carbons (Fsp3) is 0.160. The van der Waals surface area contributed by atoms with Crippen molar-refractivity contribution in [2.45, 2.75) is 26.9 Å². The molecule has 0 saturated heterocycles. The molecule has 5 nitrogen and oxygen atoms in total. The summed E-state index contributed by atoms with van der Waals surface area (Å²) in [6.45, 7) is 4.23. The van der Waals surface area contributed by atoms with E-state index in [4.69, 9.17) is 16.3 Å². The van der Waals surface area contributed by atoms with Crippen LogP contribution in [0.15, 0.2) is 65.8 Å². The second-order valence-electron chi connectivity index (χ2n) is 7.14. The van der Waals surface area contributed by atoms with Crippen molar-refractivity contribution in [2.24, 2.45) is 5.10 Å². The normalized spacial score (nSPS) is 10.6. The van der Waals surface area contributed by atoms with Crippen LogP contribution < -0.4 is 10.2 Å². The summed E-state index contributed by atoms with van der Waals surface area (Å²) in [7, 11) is 0. The second kappa shape index (κ2) is 10.4. The highest BCUT2D eigenvalue weighted by molar-refractivity contribution is 6.30. The van der Waals surface area contributed by atoms with E-state index < -0.39 is 0 Å². The van der Waals surface area contributed by atoms with Gasteiger partial charge < -0.3 is 4.74 Å². The Morgan fingerprint density at radius 3 is 2.71 bits per heavy atom. The SMILES string of the molecule is Cc1ccc(CC(=O)N/N=C/c2cc(Cl)ccc2OCc2ccccc2C#N)c(C)c1. The van der Waals surface area contributed by atoms with Crippen molar-refractivity contribution in [3.05, 3.63) is 99.1 Å². The lowest BCUT2D eigenvalue weighted by Crippen LogP contribution is -2.20. The van der Waals surface area contributed by atoms with E-state index in [2.05, 4.69) is 16.6 Å². The lowest BCUT2D eigenvalue weighted by molar-refractivity contribution is -0.120. The van der Waals surface area contributed by atoms with Crippen LogP contribution in [0.1, 0.15) is 33.4 Å². The van der Waals surface area contributed by atoms with Gasteiger partial charge >= 0.3 is 0 Å². The van der Waals surface area contributed by atoms with Gasteiger partial charge in [-0.25, -0.2) is 5.43 Å². The molecule has 3 aromatic carbocycles. The first-order valence-corrected chi connectivity index (χ1v) is 10.1. The molecule has 0 unspecified atom stereocenters. The summed E-state index contributed by atoms with van der Waals surface area (Å²) in [6, 6.07) is 20.5. The van der Waals surface area contributed by atoms with E-state index in [1.54, 1.807) is 24.3 Å². The molecule has 3 rings (SSSR count). The van der Waals surface area contributed by atoms with Gasteiger partial charge in [-0.05, 0) is 49.2 Å². The average molecular weight is 432 g/mol. The summed E-state index contributed by atoms with van der Waals surface area (Å²) in [4.78, 5) is 12.3. The number of aryl methyl sites for hydroxylation is 2. The molecule has 3 aromatic rings. The van der Waals surface area contributed by atoms with Crippen molar-refractivity contribution in [3.8, 4) is 11.8 Å². The van der Waals surface area contributed by atoms with Gasteiger partial charge in [-0.3, -0.25) is 4.79 Å². The minimum Gasteiger partial charge on any atom is -0.488 e. The predicted molar refractivity (Wildman–Crippen MR) is 122 cm³/mol. The fourth-order valence-electron chi connectivity index (χ4n) is 3.09. The van der Waals surface area contributed by atoms with Crippen molar-refractivity contribution in [1.82, 2.24) is 5.43 Å². The molecule has 1 N–H and O–H groups in total. The van der Waals surface area contributed by atoms with Crippen molar-refractivity contribution >= 4 is 23.7 Å². The first-order valence-electron chi connectivity index (χ1n) is 9.74. The molecule has 0 radical (unpaired) electrons. The van der Waals surface area contributed by atoms with E-state index in [0.29, 0.717) is 21.9 Å². The van der Waals surface area contributed by atoms with Gasteiger partial charge in [-0.15, -0.1) is 0 Å². The van der Waals surface area contributed by atoms with Crippen molar-refractivity contribution in [1.29, 1.82) is 5.26 Å². The van der Waals surface area contributed by atoms with Crippen LogP contribution in [0.4, 0.5) is 0 Å². The Labute approximate surface area is 186 Å². The number of carbonyl (C=O) groups excluding carboxylic acids is 1. The number of hydrazone groups is 1. The highest BCUT2D eigenvalue weighted by Crippen LogP contribution is 2.23. The Hall–Kier alpha value is -3.62. The topological polar surface area (TPSA) is 74.5 Å². The molecule has 31 heavy (non-hydrogen) atoms. The predicted octanol–water partition coefficient (Wildman–Crippen LogP) is 5.10.